The molecule has 8 nitrogen and oxygen atoms in total. The van der Waals surface area contributed by atoms with E-state index in [1.807, 2.05) is 0 Å². The fourth-order valence-corrected chi connectivity index (χ4v) is 3.37. The largest absolute Gasteiger partial charge is 0.434 e. The maximum absolute atomic E-state index is 12.8. The molecule has 1 saturated heterocycles. The number of carbonyl (C=O) groups is 1. The number of hydrogen-bond donors (Lipinski definition) is 2. The van der Waals surface area contributed by atoms with Crippen LogP contribution < -0.4 is 5.32 Å². The number of amides is 1. The number of fused-ring (bicyclic) bond motifs is 3. The van der Waals surface area contributed by atoms with Gasteiger partial charge in [0.05, 0.1) is 26.0 Å². The van der Waals surface area contributed by atoms with Crippen LogP contribution >= 0.6 is 0 Å². The van der Waals surface area contributed by atoms with Crippen molar-refractivity contribution in [2.75, 3.05) is 26.3 Å². The predicted molar refractivity (Wildman–Crippen MR) is 91.2 cm³/mol. The van der Waals surface area contributed by atoms with Crippen molar-refractivity contribution in [1.82, 2.24) is 24.8 Å². The van der Waals surface area contributed by atoms with E-state index in [9.17, 15) is 23.1 Å². The van der Waals surface area contributed by atoms with E-state index in [1.54, 1.807) is 4.57 Å². The van der Waals surface area contributed by atoms with Gasteiger partial charge in [-0.05, 0) is 19.0 Å². The zero-order valence-corrected chi connectivity index (χ0v) is 14.9. The number of carbonyl (C=O) groups excluding carboxylic acids is 1. The van der Waals surface area contributed by atoms with Crippen LogP contribution in [-0.4, -0.2) is 68.9 Å². The van der Waals surface area contributed by atoms with Gasteiger partial charge in [0.15, 0.2) is 17.4 Å². The summed E-state index contributed by atoms with van der Waals surface area (Å²) < 4.78 is 45.6. The Morgan fingerprint density at radius 1 is 1.43 bits per heavy atom. The van der Waals surface area contributed by atoms with Crippen LogP contribution in [0, 0.1) is 0 Å². The van der Waals surface area contributed by atoms with Crippen molar-refractivity contribution in [3.63, 3.8) is 0 Å². The Hall–Kier alpha value is -2.24. The van der Waals surface area contributed by atoms with E-state index in [-0.39, 0.29) is 24.7 Å². The van der Waals surface area contributed by atoms with Crippen molar-refractivity contribution < 1.29 is 27.8 Å². The van der Waals surface area contributed by atoms with Gasteiger partial charge >= 0.3 is 6.18 Å². The molecule has 152 valence electrons. The zero-order valence-electron chi connectivity index (χ0n) is 14.9. The average Bonchev–Trinajstić information content (AvgIpc) is 2.99. The zero-order chi connectivity index (χ0) is 19.9. The summed E-state index contributed by atoms with van der Waals surface area (Å²) in [6.45, 7) is 2.15. The summed E-state index contributed by atoms with van der Waals surface area (Å²) in [5.74, 6) is -0.463. The second-order valence-corrected chi connectivity index (χ2v) is 7.00. The van der Waals surface area contributed by atoms with Gasteiger partial charge in [0, 0.05) is 24.8 Å². The number of rotatable bonds is 5. The molecule has 2 aromatic heterocycles. The molecule has 28 heavy (non-hydrogen) atoms. The Bertz CT molecular complexity index is 881. The Morgan fingerprint density at radius 3 is 2.89 bits per heavy atom. The summed E-state index contributed by atoms with van der Waals surface area (Å²) in [5, 5.41) is 13.3. The molecule has 1 fully saturated rings. The highest BCUT2D eigenvalue weighted by atomic mass is 19.4. The van der Waals surface area contributed by atoms with Gasteiger partial charge in [0.25, 0.3) is 5.91 Å². The molecule has 0 aromatic carbocycles. The van der Waals surface area contributed by atoms with E-state index < -0.39 is 23.9 Å². The molecular formula is C17H20F3N5O3. The first-order valence-corrected chi connectivity index (χ1v) is 9.03. The molecule has 2 aliphatic heterocycles. The molecule has 0 saturated carbocycles. The summed E-state index contributed by atoms with van der Waals surface area (Å²) in [4.78, 5) is 21.5. The van der Waals surface area contributed by atoms with Crippen molar-refractivity contribution in [3.8, 4) is 0 Å². The molecular weight excluding hydrogens is 379 g/mol. The first-order chi connectivity index (χ1) is 13.3. The molecule has 1 amide bonds. The van der Waals surface area contributed by atoms with Gasteiger partial charge in [-0.1, -0.05) is 0 Å². The smallest absolute Gasteiger partial charge is 0.381 e. The summed E-state index contributed by atoms with van der Waals surface area (Å²) >= 11 is 0. The number of ether oxygens (including phenoxy) is 1. The predicted octanol–water partition coefficient (Wildman–Crippen LogP) is 0.532. The maximum atomic E-state index is 12.8. The molecule has 2 aromatic rings. The molecule has 2 unspecified atom stereocenters. The molecule has 4 rings (SSSR count). The number of halogens is 3. The molecule has 0 bridgehead atoms. The van der Waals surface area contributed by atoms with Gasteiger partial charge in [-0.3, -0.25) is 4.79 Å². The first kappa shape index (κ1) is 19.1. The fourth-order valence-electron chi connectivity index (χ4n) is 3.37. The Balaban J connectivity index is 1.42. The second kappa shape index (κ2) is 7.30. The number of hydrogen-bond acceptors (Lipinski definition) is 6. The van der Waals surface area contributed by atoms with Crippen molar-refractivity contribution >= 4 is 17.1 Å². The van der Waals surface area contributed by atoms with E-state index in [4.69, 9.17) is 4.74 Å². The average molecular weight is 399 g/mol. The monoisotopic (exact) mass is 399 g/mol. The lowest BCUT2D eigenvalue weighted by Gasteiger charge is -2.31. The second-order valence-electron chi connectivity index (χ2n) is 7.00. The van der Waals surface area contributed by atoms with Crippen LogP contribution in [0.1, 0.15) is 17.8 Å². The third-order valence-corrected chi connectivity index (χ3v) is 5.04. The quantitative estimate of drug-likeness (QED) is 0.762. The third-order valence-electron chi connectivity index (χ3n) is 5.04. The van der Waals surface area contributed by atoms with Gasteiger partial charge in [-0.25, -0.2) is 9.97 Å². The van der Waals surface area contributed by atoms with Crippen LogP contribution in [0.5, 0.6) is 0 Å². The summed E-state index contributed by atoms with van der Waals surface area (Å²) in [6.07, 6.45) is -4.11. The lowest BCUT2D eigenvalue weighted by Crippen LogP contribution is -2.48. The van der Waals surface area contributed by atoms with Gasteiger partial charge in [0.2, 0.25) is 0 Å². The number of aromatic nitrogens is 3. The third kappa shape index (κ3) is 3.69. The van der Waals surface area contributed by atoms with Gasteiger partial charge in [-0.15, -0.1) is 0 Å². The van der Waals surface area contributed by atoms with Crippen LogP contribution in [0.25, 0.3) is 11.2 Å². The lowest BCUT2D eigenvalue weighted by molar-refractivity contribution is -0.145. The Morgan fingerprint density at radius 2 is 2.21 bits per heavy atom. The molecule has 2 N–H and O–H groups in total. The maximum Gasteiger partial charge on any atom is 0.434 e. The van der Waals surface area contributed by atoms with E-state index in [0.29, 0.717) is 37.2 Å². The lowest BCUT2D eigenvalue weighted by atomic mass is 10.1. The summed E-state index contributed by atoms with van der Waals surface area (Å²) in [5.41, 5.74) is 0.0631. The molecule has 0 aliphatic carbocycles. The highest BCUT2D eigenvalue weighted by molar-refractivity contribution is 5.81. The number of nitrogens with one attached hydrogen (secondary N) is 1. The molecule has 0 radical (unpaired) electrons. The van der Waals surface area contributed by atoms with Crippen molar-refractivity contribution in [1.29, 1.82) is 0 Å². The standard InChI is InChI=1S/C17H20F3N5O3/c18-17(19,20)14-6-22-15-12(23-14)5-11-7-24(3-4-25(11)15)16(27)13(26)9-28-8-10-1-2-21-10/h5-6,10,13,21,26H,1-4,7-9H2. The molecule has 11 heteroatoms. The van der Waals surface area contributed by atoms with E-state index in [2.05, 4.69) is 15.3 Å². The minimum Gasteiger partial charge on any atom is -0.381 e. The van der Waals surface area contributed by atoms with E-state index >= 15 is 0 Å². The van der Waals surface area contributed by atoms with Crippen molar-refractivity contribution in [2.45, 2.75) is 37.8 Å². The van der Waals surface area contributed by atoms with E-state index in [1.165, 1.54) is 11.0 Å². The first-order valence-electron chi connectivity index (χ1n) is 9.03. The normalized spacial score (nSPS) is 20.7. The molecule has 4 heterocycles. The SMILES string of the molecule is O=C(C(O)COCC1CCN1)N1CCn2c(cc3nc(C(F)(F)F)cnc32)C1. The topological polar surface area (TPSA) is 92.5 Å². The number of nitrogens with zero attached hydrogens (tertiary/aromatic N) is 4. The van der Waals surface area contributed by atoms with E-state index in [0.717, 1.165) is 13.0 Å². The number of aliphatic hydroxyl groups is 1. The summed E-state index contributed by atoms with van der Waals surface area (Å²) in [6, 6.07) is 1.77. The number of alkyl halides is 3. The van der Waals surface area contributed by atoms with Gasteiger partial charge in [-0.2, -0.15) is 13.2 Å². The van der Waals surface area contributed by atoms with Crippen LogP contribution in [0.3, 0.4) is 0 Å². The number of aliphatic hydroxyl groups excluding tert-OH is 1. The van der Waals surface area contributed by atoms with Crippen LogP contribution in [-0.2, 0) is 28.8 Å². The van der Waals surface area contributed by atoms with Crippen LogP contribution in [0.2, 0.25) is 0 Å². The highest BCUT2D eigenvalue weighted by Crippen LogP contribution is 2.29. The summed E-state index contributed by atoms with van der Waals surface area (Å²) in [7, 11) is 0. The molecule has 2 atom stereocenters. The van der Waals surface area contributed by atoms with Crippen LogP contribution in [0.4, 0.5) is 13.2 Å². The Kier molecular flexibility index (Phi) is 4.98. The van der Waals surface area contributed by atoms with Crippen molar-refractivity contribution in [2.24, 2.45) is 0 Å². The fraction of sp³-hybridized carbons (Fsp3) is 0.588. The van der Waals surface area contributed by atoms with Gasteiger partial charge < -0.3 is 24.6 Å². The Labute approximate surface area is 158 Å². The minimum absolute atomic E-state index is 0.0887. The van der Waals surface area contributed by atoms with Crippen LogP contribution in [0.15, 0.2) is 12.3 Å². The molecule has 0 spiro atoms. The molecule has 2 aliphatic rings. The van der Waals surface area contributed by atoms with Crippen molar-refractivity contribution in [3.05, 3.63) is 23.7 Å². The highest BCUT2D eigenvalue weighted by Gasteiger charge is 2.34. The minimum atomic E-state index is -4.56. The van der Waals surface area contributed by atoms with Gasteiger partial charge in [0.1, 0.15) is 5.52 Å².